The fraction of sp³-hybridized carbons (Fsp3) is 0.462. The first-order valence-corrected chi connectivity index (χ1v) is 8.83. The molecule has 1 saturated carbocycles. The molecule has 2 unspecified atom stereocenters. The molecule has 0 bridgehead atoms. The molecule has 0 radical (unpaired) electrons. The summed E-state index contributed by atoms with van der Waals surface area (Å²) >= 11 is 3.20. The van der Waals surface area contributed by atoms with E-state index in [2.05, 4.69) is 28.2 Å². The van der Waals surface area contributed by atoms with Gasteiger partial charge in [-0.25, -0.2) is 13.6 Å². The first-order valence-electron chi connectivity index (χ1n) is 6.49. The summed E-state index contributed by atoms with van der Waals surface area (Å²) in [5.41, 5.74) is 0.230. The fourth-order valence-electron chi connectivity index (χ4n) is 2.24. The predicted octanol–water partition coefficient (Wildman–Crippen LogP) is 1.63. The Morgan fingerprint density at radius 2 is 2.19 bits per heavy atom. The predicted molar refractivity (Wildman–Crippen MR) is 81.7 cm³/mol. The minimum atomic E-state index is -3.99. The Bertz CT molecular complexity index is 675. The molecule has 0 aromatic heterocycles. The molecule has 8 heteroatoms. The van der Waals surface area contributed by atoms with Crippen molar-refractivity contribution in [1.82, 2.24) is 5.32 Å². The minimum Gasteiger partial charge on any atom is -0.494 e. The third-order valence-corrected chi connectivity index (χ3v) is 5.05. The number of ether oxygens (including phenoxy) is 1. The van der Waals surface area contributed by atoms with Gasteiger partial charge in [0.2, 0.25) is 10.0 Å². The third kappa shape index (κ3) is 3.56. The van der Waals surface area contributed by atoms with E-state index < -0.39 is 10.0 Å². The van der Waals surface area contributed by atoms with Gasteiger partial charge in [-0.1, -0.05) is 13.3 Å². The number of rotatable bonds is 5. The van der Waals surface area contributed by atoms with Crippen LogP contribution in [0.4, 0.5) is 0 Å². The Balaban J connectivity index is 2.33. The van der Waals surface area contributed by atoms with Crippen LogP contribution in [0, 0.1) is 5.92 Å². The summed E-state index contributed by atoms with van der Waals surface area (Å²) in [4.78, 5) is 12.0. The number of methoxy groups -OCH3 is 1. The molecule has 1 aliphatic rings. The second-order valence-electron chi connectivity index (χ2n) is 5.02. The number of hydrogen-bond acceptors (Lipinski definition) is 4. The zero-order valence-corrected chi connectivity index (χ0v) is 14.1. The second kappa shape index (κ2) is 5.94. The van der Waals surface area contributed by atoms with Gasteiger partial charge in [0.15, 0.2) is 5.75 Å². The normalized spacial score (nSPS) is 21.0. The lowest BCUT2D eigenvalue weighted by molar-refractivity contribution is 0.0948. The highest BCUT2D eigenvalue weighted by molar-refractivity contribution is 9.10. The van der Waals surface area contributed by atoms with Gasteiger partial charge in [0.25, 0.3) is 5.91 Å². The molecule has 0 spiro atoms. The number of carbonyl (C=O) groups excluding carboxylic acids is 1. The quantitative estimate of drug-likeness (QED) is 0.815. The van der Waals surface area contributed by atoms with Crippen molar-refractivity contribution in [2.24, 2.45) is 11.1 Å². The van der Waals surface area contributed by atoms with Crippen LogP contribution >= 0.6 is 15.9 Å². The van der Waals surface area contributed by atoms with Crippen molar-refractivity contribution in [3.05, 3.63) is 22.2 Å². The van der Waals surface area contributed by atoms with E-state index in [0.717, 1.165) is 12.8 Å². The van der Waals surface area contributed by atoms with Crippen LogP contribution in [0.1, 0.15) is 30.1 Å². The van der Waals surface area contributed by atoms with Gasteiger partial charge in [-0.15, -0.1) is 0 Å². The lowest BCUT2D eigenvalue weighted by Gasteiger charge is -2.12. The highest BCUT2D eigenvalue weighted by Gasteiger charge is 2.36. The van der Waals surface area contributed by atoms with Crippen LogP contribution in [0.2, 0.25) is 0 Å². The number of halogens is 1. The molecular formula is C13H17BrN2O4S. The molecule has 1 fully saturated rings. The summed E-state index contributed by atoms with van der Waals surface area (Å²) < 4.78 is 28.6. The number of sulfonamides is 1. The number of benzene rings is 1. The minimum absolute atomic E-state index is 0.0897. The number of hydrogen-bond donors (Lipinski definition) is 2. The van der Waals surface area contributed by atoms with Crippen molar-refractivity contribution < 1.29 is 17.9 Å². The molecular weight excluding hydrogens is 360 g/mol. The molecule has 2 rings (SSSR count). The molecule has 1 amide bonds. The van der Waals surface area contributed by atoms with Crippen LogP contribution in [0.3, 0.4) is 0 Å². The summed E-state index contributed by atoms with van der Waals surface area (Å²) in [7, 11) is -2.65. The van der Waals surface area contributed by atoms with Gasteiger partial charge < -0.3 is 10.1 Å². The molecule has 1 aromatic rings. The maximum Gasteiger partial charge on any atom is 0.251 e. The van der Waals surface area contributed by atoms with Crippen molar-refractivity contribution in [2.75, 3.05) is 7.11 Å². The lowest BCUT2D eigenvalue weighted by atomic mass is 10.2. The molecule has 6 nitrogen and oxygen atoms in total. The van der Waals surface area contributed by atoms with E-state index in [1.165, 1.54) is 19.2 Å². The second-order valence-corrected chi connectivity index (χ2v) is 7.40. The van der Waals surface area contributed by atoms with Crippen molar-refractivity contribution in [2.45, 2.75) is 30.7 Å². The summed E-state index contributed by atoms with van der Waals surface area (Å²) in [5, 5.41) is 8.05. The Hall–Kier alpha value is -1.12. The number of amides is 1. The van der Waals surface area contributed by atoms with Gasteiger partial charge in [-0.3, -0.25) is 4.79 Å². The molecule has 0 saturated heterocycles. The molecule has 0 aliphatic heterocycles. The van der Waals surface area contributed by atoms with Gasteiger partial charge in [0.05, 0.1) is 11.6 Å². The van der Waals surface area contributed by atoms with Crippen molar-refractivity contribution >= 4 is 31.9 Å². The van der Waals surface area contributed by atoms with E-state index in [1.54, 1.807) is 0 Å². The van der Waals surface area contributed by atoms with Crippen LogP contribution in [0.15, 0.2) is 21.5 Å². The Morgan fingerprint density at radius 1 is 1.52 bits per heavy atom. The maximum absolute atomic E-state index is 12.2. The Labute approximate surface area is 132 Å². The zero-order chi connectivity index (χ0) is 15.8. The van der Waals surface area contributed by atoms with Gasteiger partial charge in [0.1, 0.15) is 4.90 Å². The lowest BCUT2D eigenvalue weighted by Crippen LogP contribution is -2.27. The molecule has 116 valence electrons. The third-order valence-electron chi connectivity index (χ3n) is 3.55. The summed E-state index contributed by atoms with van der Waals surface area (Å²) in [6.07, 6.45) is 1.97. The van der Waals surface area contributed by atoms with Gasteiger partial charge in [-0.2, -0.15) is 0 Å². The average Bonchev–Trinajstić information content (AvgIpc) is 3.14. The smallest absolute Gasteiger partial charge is 0.251 e. The summed E-state index contributed by atoms with van der Waals surface area (Å²) in [6, 6.07) is 2.92. The standard InChI is InChI=1S/C13H17BrN2O4S/c1-3-7-5-10(7)16-13(17)8-4-9(14)12(20-2)11(6-8)21(15,18)19/h4,6-7,10H,3,5H2,1-2H3,(H,16,17)(H2,15,18,19). The Morgan fingerprint density at radius 3 is 2.67 bits per heavy atom. The molecule has 3 N–H and O–H groups in total. The average molecular weight is 377 g/mol. The summed E-state index contributed by atoms with van der Waals surface area (Å²) in [5.74, 6) is 0.282. The molecule has 2 atom stereocenters. The highest BCUT2D eigenvalue weighted by atomic mass is 79.9. The van der Waals surface area contributed by atoms with Crippen molar-refractivity contribution in [3.63, 3.8) is 0 Å². The van der Waals surface area contributed by atoms with Gasteiger partial charge in [-0.05, 0) is 40.4 Å². The van der Waals surface area contributed by atoms with Crippen molar-refractivity contribution in [1.29, 1.82) is 0 Å². The van der Waals surface area contributed by atoms with Crippen LogP contribution in [0.25, 0.3) is 0 Å². The monoisotopic (exact) mass is 376 g/mol. The van der Waals surface area contributed by atoms with Crippen LogP contribution in [-0.4, -0.2) is 27.5 Å². The SMILES string of the molecule is CCC1CC1NC(=O)c1cc(Br)c(OC)c(S(N)(=O)=O)c1. The first kappa shape index (κ1) is 16.3. The van der Waals surface area contributed by atoms with Crippen LogP contribution < -0.4 is 15.2 Å². The first-order chi connectivity index (χ1) is 9.77. The van der Waals surface area contributed by atoms with E-state index in [-0.39, 0.29) is 28.2 Å². The number of nitrogens with two attached hydrogens (primary N) is 1. The molecule has 1 aromatic carbocycles. The number of nitrogens with one attached hydrogen (secondary N) is 1. The van der Waals surface area contributed by atoms with E-state index in [4.69, 9.17) is 9.88 Å². The highest BCUT2D eigenvalue weighted by Crippen LogP contribution is 2.35. The number of primary sulfonamides is 1. The van der Waals surface area contributed by atoms with E-state index in [1.807, 2.05) is 0 Å². The zero-order valence-electron chi connectivity index (χ0n) is 11.7. The molecule has 21 heavy (non-hydrogen) atoms. The Kier molecular flexibility index (Phi) is 4.60. The largest absolute Gasteiger partial charge is 0.494 e. The van der Waals surface area contributed by atoms with E-state index in [0.29, 0.717) is 10.4 Å². The maximum atomic E-state index is 12.2. The topological polar surface area (TPSA) is 98.5 Å². The van der Waals surface area contributed by atoms with Gasteiger partial charge >= 0.3 is 0 Å². The van der Waals surface area contributed by atoms with Gasteiger partial charge in [0, 0.05) is 11.6 Å². The number of carbonyl (C=O) groups is 1. The van der Waals surface area contributed by atoms with E-state index in [9.17, 15) is 13.2 Å². The van der Waals surface area contributed by atoms with Crippen LogP contribution in [-0.2, 0) is 10.0 Å². The summed E-state index contributed by atoms with van der Waals surface area (Å²) in [6.45, 7) is 2.07. The molecule has 0 heterocycles. The van der Waals surface area contributed by atoms with Crippen molar-refractivity contribution in [3.8, 4) is 5.75 Å². The fourth-order valence-corrected chi connectivity index (χ4v) is 3.73. The van der Waals surface area contributed by atoms with Crippen LogP contribution in [0.5, 0.6) is 5.75 Å². The van der Waals surface area contributed by atoms with E-state index >= 15 is 0 Å². The molecule has 1 aliphatic carbocycles.